The third-order valence-electron chi connectivity index (χ3n) is 3.73. The predicted octanol–water partition coefficient (Wildman–Crippen LogP) is 0.865. The lowest BCUT2D eigenvalue weighted by Gasteiger charge is -2.29. The molecule has 3 unspecified atom stereocenters. The van der Waals surface area contributed by atoms with E-state index in [4.69, 9.17) is 18.0 Å². The zero-order valence-corrected chi connectivity index (χ0v) is 11.1. The fourth-order valence-electron chi connectivity index (χ4n) is 2.91. The molecule has 1 aliphatic carbocycles. The summed E-state index contributed by atoms with van der Waals surface area (Å²) in [6, 6.07) is 0.207. The standard InChI is InChI=1S/C10H18N2O2S2/c1-2-9(10(11)15)16(13,14)12-6-7-3-4-8(12)5-7/h7-9H,2-6H2,1H3,(H2,11,15). The molecule has 92 valence electrons. The summed E-state index contributed by atoms with van der Waals surface area (Å²) in [5.74, 6) is 0.559. The molecular weight excluding hydrogens is 244 g/mol. The van der Waals surface area contributed by atoms with Gasteiger partial charge in [0.05, 0.1) is 4.99 Å². The zero-order valence-electron chi connectivity index (χ0n) is 9.43. The first kappa shape index (κ1) is 12.3. The maximum absolute atomic E-state index is 12.4. The van der Waals surface area contributed by atoms with Gasteiger partial charge in [-0.05, 0) is 31.6 Å². The molecule has 1 saturated carbocycles. The van der Waals surface area contributed by atoms with Crippen molar-refractivity contribution in [1.29, 1.82) is 0 Å². The molecule has 1 saturated heterocycles. The van der Waals surface area contributed by atoms with E-state index in [1.807, 2.05) is 6.92 Å². The van der Waals surface area contributed by atoms with Crippen molar-refractivity contribution in [3.8, 4) is 0 Å². The molecule has 2 rings (SSSR count). The van der Waals surface area contributed by atoms with E-state index < -0.39 is 15.3 Å². The second-order valence-electron chi connectivity index (χ2n) is 4.75. The third kappa shape index (κ3) is 1.87. The molecule has 0 aromatic carbocycles. The Balaban J connectivity index is 2.22. The Bertz CT molecular complexity index is 394. The van der Waals surface area contributed by atoms with E-state index in [1.54, 1.807) is 4.31 Å². The molecule has 0 aromatic heterocycles. The molecule has 2 fully saturated rings. The molecule has 0 radical (unpaired) electrons. The highest BCUT2D eigenvalue weighted by molar-refractivity contribution is 7.92. The number of rotatable bonds is 4. The number of hydrogen-bond donors (Lipinski definition) is 1. The first-order chi connectivity index (χ1) is 7.46. The molecule has 4 nitrogen and oxygen atoms in total. The summed E-state index contributed by atoms with van der Waals surface area (Å²) in [5.41, 5.74) is 5.52. The van der Waals surface area contributed by atoms with Crippen LogP contribution < -0.4 is 5.73 Å². The van der Waals surface area contributed by atoms with Crippen LogP contribution in [0.25, 0.3) is 0 Å². The van der Waals surface area contributed by atoms with Crippen molar-refractivity contribution in [2.24, 2.45) is 11.7 Å². The minimum atomic E-state index is -3.31. The largest absolute Gasteiger partial charge is 0.392 e. The van der Waals surface area contributed by atoms with Crippen LogP contribution in [-0.4, -0.2) is 35.5 Å². The lowest BCUT2D eigenvalue weighted by molar-refractivity contribution is 0.331. The minimum absolute atomic E-state index is 0.102. The topological polar surface area (TPSA) is 63.4 Å². The average Bonchev–Trinajstić information content (AvgIpc) is 2.78. The maximum atomic E-state index is 12.4. The van der Waals surface area contributed by atoms with Crippen LogP contribution in [0.4, 0.5) is 0 Å². The summed E-state index contributed by atoms with van der Waals surface area (Å²) in [6.45, 7) is 2.49. The van der Waals surface area contributed by atoms with Crippen LogP contribution >= 0.6 is 12.2 Å². The van der Waals surface area contributed by atoms with Crippen molar-refractivity contribution in [3.05, 3.63) is 0 Å². The quantitative estimate of drug-likeness (QED) is 0.764. The number of hydrogen-bond acceptors (Lipinski definition) is 3. The van der Waals surface area contributed by atoms with Crippen LogP contribution in [0.2, 0.25) is 0 Å². The highest BCUT2D eigenvalue weighted by Gasteiger charge is 2.46. The Morgan fingerprint density at radius 2 is 2.25 bits per heavy atom. The van der Waals surface area contributed by atoms with Crippen molar-refractivity contribution in [2.45, 2.75) is 43.9 Å². The van der Waals surface area contributed by atoms with Gasteiger partial charge in [0.15, 0.2) is 0 Å². The van der Waals surface area contributed by atoms with Gasteiger partial charge in [-0.1, -0.05) is 19.1 Å². The van der Waals surface area contributed by atoms with Crippen molar-refractivity contribution < 1.29 is 8.42 Å². The molecular formula is C10H18N2O2S2. The van der Waals surface area contributed by atoms with Crippen molar-refractivity contribution in [3.63, 3.8) is 0 Å². The van der Waals surface area contributed by atoms with E-state index >= 15 is 0 Å². The van der Waals surface area contributed by atoms with Crippen LogP contribution in [0.5, 0.6) is 0 Å². The van der Waals surface area contributed by atoms with E-state index in [1.165, 1.54) is 6.42 Å². The van der Waals surface area contributed by atoms with Gasteiger partial charge < -0.3 is 5.73 Å². The molecule has 16 heavy (non-hydrogen) atoms. The number of nitrogens with two attached hydrogens (primary N) is 1. The molecule has 0 spiro atoms. The monoisotopic (exact) mass is 262 g/mol. The fourth-order valence-corrected chi connectivity index (χ4v) is 5.51. The summed E-state index contributed by atoms with van der Waals surface area (Å²) < 4.78 is 26.4. The lowest BCUT2D eigenvalue weighted by Crippen LogP contribution is -2.47. The molecule has 1 heterocycles. The van der Waals surface area contributed by atoms with Crippen molar-refractivity contribution in [2.75, 3.05) is 6.54 Å². The van der Waals surface area contributed by atoms with Crippen LogP contribution in [-0.2, 0) is 10.0 Å². The van der Waals surface area contributed by atoms with Crippen LogP contribution in [0.3, 0.4) is 0 Å². The van der Waals surface area contributed by atoms with Gasteiger partial charge in [0.1, 0.15) is 5.25 Å². The Morgan fingerprint density at radius 3 is 2.62 bits per heavy atom. The molecule has 0 amide bonds. The van der Waals surface area contributed by atoms with Gasteiger partial charge in [0.25, 0.3) is 0 Å². The molecule has 2 aliphatic rings. The normalized spacial score (nSPS) is 31.8. The highest BCUT2D eigenvalue weighted by Crippen LogP contribution is 2.40. The van der Waals surface area contributed by atoms with E-state index in [9.17, 15) is 8.42 Å². The van der Waals surface area contributed by atoms with E-state index in [0.717, 1.165) is 12.8 Å². The zero-order chi connectivity index (χ0) is 11.9. The van der Waals surface area contributed by atoms with Gasteiger partial charge in [0.2, 0.25) is 10.0 Å². The van der Waals surface area contributed by atoms with Gasteiger partial charge in [0, 0.05) is 12.6 Å². The summed E-state index contributed by atoms with van der Waals surface area (Å²) >= 11 is 4.86. The predicted molar refractivity (Wildman–Crippen MR) is 67.6 cm³/mol. The first-order valence-electron chi connectivity index (χ1n) is 5.76. The first-order valence-corrected chi connectivity index (χ1v) is 7.68. The third-order valence-corrected chi connectivity index (χ3v) is 6.57. The van der Waals surface area contributed by atoms with E-state index in [2.05, 4.69) is 0 Å². The summed E-state index contributed by atoms with van der Waals surface area (Å²) in [4.78, 5) is 0.102. The summed E-state index contributed by atoms with van der Waals surface area (Å²) in [5, 5.41) is -0.679. The smallest absolute Gasteiger partial charge is 0.223 e. The van der Waals surface area contributed by atoms with E-state index in [0.29, 0.717) is 18.9 Å². The summed E-state index contributed by atoms with van der Waals surface area (Å²) in [6.07, 6.45) is 3.65. The highest BCUT2D eigenvalue weighted by atomic mass is 32.2. The minimum Gasteiger partial charge on any atom is -0.392 e. The maximum Gasteiger partial charge on any atom is 0.223 e. The van der Waals surface area contributed by atoms with Crippen LogP contribution in [0, 0.1) is 5.92 Å². The molecule has 0 aromatic rings. The second kappa shape index (κ2) is 4.23. The average molecular weight is 262 g/mol. The Hall–Kier alpha value is -0.200. The number of thiocarbonyl (C=S) groups is 1. The van der Waals surface area contributed by atoms with Gasteiger partial charge in [-0.25, -0.2) is 8.42 Å². The SMILES string of the molecule is CCC(C(N)=S)S(=O)(=O)N1CC2CCC1C2. The van der Waals surface area contributed by atoms with Gasteiger partial charge in [-0.3, -0.25) is 0 Å². The van der Waals surface area contributed by atoms with Gasteiger partial charge in [-0.15, -0.1) is 0 Å². The number of piperidine rings is 1. The van der Waals surface area contributed by atoms with Crippen molar-refractivity contribution >= 4 is 27.2 Å². The summed E-state index contributed by atoms with van der Waals surface area (Å²) in [7, 11) is -3.31. The fraction of sp³-hybridized carbons (Fsp3) is 0.900. The van der Waals surface area contributed by atoms with Gasteiger partial charge in [-0.2, -0.15) is 4.31 Å². The second-order valence-corrected chi connectivity index (χ2v) is 7.29. The number of sulfonamides is 1. The molecule has 2 N–H and O–H groups in total. The van der Waals surface area contributed by atoms with Crippen LogP contribution in [0.1, 0.15) is 32.6 Å². The Morgan fingerprint density at radius 1 is 1.56 bits per heavy atom. The number of fused-ring (bicyclic) bond motifs is 2. The molecule has 2 bridgehead atoms. The molecule has 3 atom stereocenters. The molecule has 1 aliphatic heterocycles. The van der Waals surface area contributed by atoms with Gasteiger partial charge >= 0.3 is 0 Å². The molecule has 6 heteroatoms. The number of nitrogens with zero attached hydrogens (tertiary/aromatic N) is 1. The lowest BCUT2D eigenvalue weighted by atomic mass is 10.1. The van der Waals surface area contributed by atoms with E-state index in [-0.39, 0.29) is 11.0 Å². The van der Waals surface area contributed by atoms with Crippen molar-refractivity contribution in [1.82, 2.24) is 4.31 Å². The Kier molecular flexibility index (Phi) is 3.25. The Labute approximate surface area is 102 Å². The van der Waals surface area contributed by atoms with Crippen LogP contribution in [0.15, 0.2) is 0 Å².